The molecule has 0 amide bonds. The lowest BCUT2D eigenvalue weighted by molar-refractivity contribution is 0.411. The van der Waals surface area contributed by atoms with Crippen LogP contribution in [-0.4, -0.2) is 13.3 Å². The van der Waals surface area contributed by atoms with Gasteiger partial charge in [0.25, 0.3) is 0 Å². The van der Waals surface area contributed by atoms with Crippen molar-refractivity contribution in [2.75, 3.05) is 7.11 Å². The van der Waals surface area contributed by atoms with Gasteiger partial charge in [0.2, 0.25) is 0 Å². The Bertz CT molecular complexity index is 370. The minimum atomic E-state index is 0.684. The zero-order valence-corrected chi connectivity index (χ0v) is 8.37. The number of hydrogen-bond donors (Lipinski definition) is 2. The minimum absolute atomic E-state index is 0.684. The summed E-state index contributed by atoms with van der Waals surface area (Å²) in [5.74, 6) is 0.809. The van der Waals surface area contributed by atoms with E-state index < -0.39 is 0 Å². The number of nitrogens with one attached hydrogen (secondary N) is 1. The SMILES string of the molecule is COc1cc(/C(C=N)=C/N)ccc1C. The van der Waals surface area contributed by atoms with Gasteiger partial charge in [-0.05, 0) is 24.1 Å². The molecule has 0 aliphatic carbocycles. The van der Waals surface area contributed by atoms with Gasteiger partial charge >= 0.3 is 0 Å². The van der Waals surface area contributed by atoms with Crippen molar-refractivity contribution in [2.24, 2.45) is 5.73 Å². The Kier molecular flexibility index (Phi) is 3.29. The van der Waals surface area contributed by atoms with E-state index in [1.807, 2.05) is 25.1 Å². The van der Waals surface area contributed by atoms with Crippen LogP contribution in [0.3, 0.4) is 0 Å². The highest BCUT2D eigenvalue weighted by Gasteiger charge is 2.02. The van der Waals surface area contributed by atoms with Crippen LogP contribution in [0.15, 0.2) is 24.4 Å². The Balaban J connectivity index is 3.18. The van der Waals surface area contributed by atoms with Gasteiger partial charge in [0.15, 0.2) is 0 Å². The number of ether oxygens (including phenoxy) is 1. The van der Waals surface area contributed by atoms with Gasteiger partial charge < -0.3 is 15.9 Å². The molecule has 3 nitrogen and oxygen atoms in total. The molecule has 3 N–H and O–H groups in total. The third kappa shape index (κ3) is 1.93. The van der Waals surface area contributed by atoms with Gasteiger partial charge in [-0.3, -0.25) is 0 Å². The van der Waals surface area contributed by atoms with Gasteiger partial charge in [0.05, 0.1) is 7.11 Å². The van der Waals surface area contributed by atoms with Crippen molar-refractivity contribution in [2.45, 2.75) is 6.92 Å². The Morgan fingerprint density at radius 3 is 2.71 bits per heavy atom. The first-order chi connectivity index (χ1) is 6.72. The average molecular weight is 190 g/mol. The van der Waals surface area contributed by atoms with E-state index in [2.05, 4.69) is 0 Å². The molecule has 0 atom stereocenters. The first-order valence-electron chi connectivity index (χ1n) is 4.30. The van der Waals surface area contributed by atoms with E-state index in [1.165, 1.54) is 12.4 Å². The fourth-order valence-electron chi connectivity index (χ4n) is 1.23. The summed E-state index contributed by atoms with van der Waals surface area (Å²) < 4.78 is 5.18. The molecule has 1 rings (SSSR count). The van der Waals surface area contributed by atoms with Crippen LogP contribution < -0.4 is 10.5 Å². The largest absolute Gasteiger partial charge is 0.496 e. The van der Waals surface area contributed by atoms with Crippen molar-refractivity contribution < 1.29 is 4.74 Å². The molecule has 0 saturated heterocycles. The number of aryl methyl sites for hydroxylation is 1. The lowest BCUT2D eigenvalue weighted by atomic mass is 10.1. The van der Waals surface area contributed by atoms with Crippen LogP contribution in [-0.2, 0) is 0 Å². The molecular weight excluding hydrogens is 176 g/mol. The van der Waals surface area contributed by atoms with E-state index in [0.29, 0.717) is 5.57 Å². The number of hydrogen-bond acceptors (Lipinski definition) is 3. The fraction of sp³-hybridized carbons (Fsp3) is 0.182. The molecule has 0 aliphatic rings. The van der Waals surface area contributed by atoms with Gasteiger partial charge in [0, 0.05) is 18.0 Å². The molecular formula is C11H14N2O. The molecule has 1 aromatic rings. The quantitative estimate of drug-likeness (QED) is 0.716. The molecule has 1 aromatic carbocycles. The first kappa shape index (κ1) is 10.3. The van der Waals surface area contributed by atoms with Gasteiger partial charge in [-0.25, -0.2) is 0 Å². The predicted molar refractivity (Wildman–Crippen MR) is 58.7 cm³/mol. The molecule has 0 spiro atoms. The number of benzene rings is 1. The Morgan fingerprint density at radius 2 is 2.21 bits per heavy atom. The predicted octanol–water partition coefficient (Wildman–Crippen LogP) is 1.95. The maximum Gasteiger partial charge on any atom is 0.122 e. The van der Waals surface area contributed by atoms with Crippen LogP contribution in [0.1, 0.15) is 11.1 Å². The fourth-order valence-corrected chi connectivity index (χ4v) is 1.23. The zero-order chi connectivity index (χ0) is 10.6. The third-order valence-corrected chi connectivity index (χ3v) is 2.08. The summed E-state index contributed by atoms with van der Waals surface area (Å²) in [7, 11) is 1.63. The summed E-state index contributed by atoms with van der Waals surface area (Å²) >= 11 is 0. The van der Waals surface area contributed by atoms with Crippen LogP contribution >= 0.6 is 0 Å². The van der Waals surface area contributed by atoms with Crippen LogP contribution in [0.5, 0.6) is 5.75 Å². The van der Waals surface area contributed by atoms with Crippen LogP contribution in [0.25, 0.3) is 5.57 Å². The Hall–Kier alpha value is -1.77. The standard InChI is InChI=1S/C11H14N2O/c1-8-3-4-9(5-11(8)14-2)10(6-12)7-13/h3-7,12H,13H2,1-2H3/b10-7+,12-6?. The number of nitrogens with two attached hydrogens (primary N) is 1. The van der Waals surface area contributed by atoms with Crippen molar-refractivity contribution in [3.05, 3.63) is 35.5 Å². The second-order valence-electron chi connectivity index (χ2n) is 2.95. The maximum absolute atomic E-state index is 7.16. The number of rotatable bonds is 3. The summed E-state index contributed by atoms with van der Waals surface area (Å²) in [6, 6.07) is 5.74. The molecule has 0 fully saturated rings. The number of methoxy groups -OCH3 is 1. The second-order valence-corrected chi connectivity index (χ2v) is 2.95. The van der Waals surface area contributed by atoms with Gasteiger partial charge in [0.1, 0.15) is 5.75 Å². The molecule has 14 heavy (non-hydrogen) atoms. The zero-order valence-electron chi connectivity index (χ0n) is 8.37. The van der Waals surface area contributed by atoms with E-state index in [-0.39, 0.29) is 0 Å². The Morgan fingerprint density at radius 1 is 1.50 bits per heavy atom. The second kappa shape index (κ2) is 4.46. The molecule has 0 unspecified atom stereocenters. The molecule has 3 heteroatoms. The van der Waals surface area contributed by atoms with Crippen LogP contribution in [0.2, 0.25) is 0 Å². The highest BCUT2D eigenvalue weighted by atomic mass is 16.5. The van der Waals surface area contributed by atoms with Crippen molar-refractivity contribution in [1.29, 1.82) is 5.41 Å². The van der Waals surface area contributed by atoms with E-state index in [4.69, 9.17) is 15.9 Å². The van der Waals surface area contributed by atoms with E-state index in [9.17, 15) is 0 Å². The van der Waals surface area contributed by atoms with E-state index in [1.54, 1.807) is 7.11 Å². The molecule has 0 aliphatic heterocycles. The molecule has 0 saturated carbocycles. The molecule has 0 radical (unpaired) electrons. The van der Waals surface area contributed by atoms with Crippen molar-refractivity contribution in [1.82, 2.24) is 0 Å². The summed E-state index contributed by atoms with van der Waals surface area (Å²) in [5.41, 5.74) is 8.04. The summed E-state index contributed by atoms with van der Waals surface area (Å²) in [6.07, 6.45) is 2.64. The van der Waals surface area contributed by atoms with Gasteiger partial charge in [-0.1, -0.05) is 12.1 Å². The summed E-state index contributed by atoms with van der Waals surface area (Å²) in [5, 5.41) is 7.16. The minimum Gasteiger partial charge on any atom is -0.496 e. The lowest BCUT2D eigenvalue weighted by Crippen LogP contribution is -1.93. The lowest BCUT2D eigenvalue weighted by Gasteiger charge is -2.07. The van der Waals surface area contributed by atoms with Crippen LogP contribution in [0, 0.1) is 12.3 Å². The summed E-state index contributed by atoms with van der Waals surface area (Å²) in [4.78, 5) is 0. The molecule has 74 valence electrons. The molecule has 0 aromatic heterocycles. The van der Waals surface area contributed by atoms with E-state index in [0.717, 1.165) is 16.9 Å². The highest BCUT2D eigenvalue weighted by molar-refractivity contribution is 6.08. The third-order valence-electron chi connectivity index (χ3n) is 2.08. The van der Waals surface area contributed by atoms with Crippen molar-refractivity contribution in [3.63, 3.8) is 0 Å². The normalized spacial score (nSPS) is 11.1. The van der Waals surface area contributed by atoms with Gasteiger partial charge in [-0.15, -0.1) is 0 Å². The van der Waals surface area contributed by atoms with Crippen molar-refractivity contribution in [3.8, 4) is 5.75 Å². The number of allylic oxidation sites excluding steroid dienone is 1. The topological polar surface area (TPSA) is 59.1 Å². The Labute approximate surface area is 83.7 Å². The monoisotopic (exact) mass is 190 g/mol. The smallest absolute Gasteiger partial charge is 0.122 e. The maximum atomic E-state index is 7.16. The molecule has 0 bridgehead atoms. The average Bonchev–Trinajstić information content (AvgIpc) is 2.22. The van der Waals surface area contributed by atoms with Crippen LogP contribution in [0.4, 0.5) is 0 Å². The first-order valence-corrected chi connectivity index (χ1v) is 4.30. The van der Waals surface area contributed by atoms with E-state index >= 15 is 0 Å². The summed E-state index contributed by atoms with van der Waals surface area (Å²) in [6.45, 7) is 1.97. The van der Waals surface area contributed by atoms with Crippen molar-refractivity contribution >= 4 is 11.8 Å². The highest BCUT2D eigenvalue weighted by Crippen LogP contribution is 2.22. The van der Waals surface area contributed by atoms with Gasteiger partial charge in [-0.2, -0.15) is 0 Å². The molecule has 0 heterocycles.